The van der Waals surface area contributed by atoms with Crippen molar-refractivity contribution in [2.75, 3.05) is 20.8 Å². The summed E-state index contributed by atoms with van der Waals surface area (Å²) in [5, 5.41) is 2.97. The van der Waals surface area contributed by atoms with Crippen LogP contribution in [0.4, 0.5) is 0 Å². The summed E-state index contributed by atoms with van der Waals surface area (Å²) in [7, 11) is 3.26. The Bertz CT molecular complexity index is 636. The van der Waals surface area contributed by atoms with Crippen LogP contribution in [0.2, 0.25) is 0 Å². The summed E-state index contributed by atoms with van der Waals surface area (Å²) >= 11 is 0. The number of carbonyl (C=O) groups is 1. The van der Waals surface area contributed by atoms with E-state index in [-0.39, 0.29) is 5.91 Å². The predicted molar refractivity (Wildman–Crippen MR) is 90.7 cm³/mol. The molecule has 0 aliphatic carbocycles. The lowest BCUT2D eigenvalue weighted by Crippen LogP contribution is -2.41. The Morgan fingerprint density at radius 1 is 1.09 bits per heavy atom. The number of hydrogen-bond acceptors (Lipinski definition) is 3. The van der Waals surface area contributed by atoms with Crippen molar-refractivity contribution >= 4 is 5.91 Å². The number of nitrogens with one attached hydrogen (secondary N) is 1. The number of benzene rings is 2. The molecule has 0 aliphatic rings. The topological polar surface area (TPSA) is 47.6 Å². The van der Waals surface area contributed by atoms with Gasteiger partial charge in [-0.25, -0.2) is 0 Å². The van der Waals surface area contributed by atoms with Crippen molar-refractivity contribution in [2.24, 2.45) is 0 Å². The monoisotopic (exact) mass is 313 g/mol. The molecule has 1 atom stereocenters. The zero-order chi connectivity index (χ0) is 16.7. The maximum atomic E-state index is 12.4. The van der Waals surface area contributed by atoms with Gasteiger partial charge in [0.2, 0.25) is 0 Å². The summed E-state index contributed by atoms with van der Waals surface area (Å²) < 4.78 is 10.9. The Morgan fingerprint density at radius 2 is 1.83 bits per heavy atom. The third-order valence-corrected chi connectivity index (χ3v) is 4.13. The summed E-state index contributed by atoms with van der Waals surface area (Å²) in [5.41, 5.74) is 1.09. The first-order valence-electron chi connectivity index (χ1n) is 7.68. The van der Waals surface area contributed by atoms with E-state index in [0.717, 1.165) is 12.0 Å². The molecule has 2 aromatic rings. The van der Waals surface area contributed by atoms with Crippen molar-refractivity contribution in [3.05, 3.63) is 65.7 Å². The highest BCUT2D eigenvalue weighted by Gasteiger charge is 2.30. The number of amides is 1. The van der Waals surface area contributed by atoms with Gasteiger partial charge in [0.15, 0.2) is 0 Å². The molecular weight excluding hydrogens is 290 g/mol. The lowest BCUT2D eigenvalue weighted by atomic mass is 9.90. The second-order valence-corrected chi connectivity index (χ2v) is 5.33. The van der Waals surface area contributed by atoms with Gasteiger partial charge in [0.05, 0.1) is 13.7 Å². The van der Waals surface area contributed by atoms with Gasteiger partial charge in [0.1, 0.15) is 11.4 Å². The molecule has 0 spiro atoms. The number of rotatable bonds is 7. The van der Waals surface area contributed by atoms with Gasteiger partial charge >= 0.3 is 0 Å². The van der Waals surface area contributed by atoms with E-state index in [4.69, 9.17) is 9.47 Å². The molecule has 0 bridgehead atoms. The lowest BCUT2D eigenvalue weighted by molar-refractivity contribution is -0.0164. The lowest BCUT2D eigenvalue weighted by Gasteiger charge is -2.32. The summed E-state index contributed by atoms with van der Waals surface area (Å²) in [6.45, 7) is 2.45. The minimum Gasteiger partial charge on any atom is -0.497 e. The van der Waals surface area contributed by atoms with Crippen molar-refractivity contribution < 1.29 is 14.3 Å². The van der Waals surface area contributed by atoms with Crippen LogP contribution >= 0.6 is 0 Å². The van der Waals surface area contributed by atoms with Crippen molar-refractivity contribution in [3.63, 3.8) is 0 Å². The average molecular weight is 313 g/mol. The van der Waals surface area contributed by atoms with E-state index >= 15 is 0 Å². The Labute approximate surface area is 137 Å². The van der Waals surface area contributed by atoms with E-state index in [9.17, 15) is 4.79 Å². The van der Waals surface area contributed by atoms with E-state index in [1.54, 1.807) is 32.4 Å². The van der Waals surface area contributed by atoms with Crippen LogP contribution in [0.1, 0.15) is 29.3 Å². The molecule has 0 fully saturated rings. The molecule has 23 heavy (non-hydrogen) atoms. The zero-order valence-corrected chi connectivity index (χ0v) is 13.8. The molecule has 1 N–H and O–H groups in total. The van der Waals surface area contributed by atoms with E-state index in [0.29, 0.717) is 17.9 Å². The van der Waals surface area contributed by atoms with Crippen LogP contribution in [0.5, 0.6) is 5.75 Å². The maximum Gasteiger partial charge on any atom is 0.251 e. The van der Waals surface area contributed by atoms with Crippen LogP contribution < -0.4 is 10.1 Å². The molecule has 0 heterocycles. The Hall–Kier alpha value is -2.33. The van der Waals surface area contributed by atoms with Crippen LogP contribution in [-0.4, -0.2) is 26.7 Å². The van der Waals surface area contributed by atoms with Crippen LogP contribution in [0.15, 0.2) is 54.6 Å². The Balaban J connectivity index is 2.14. The maximum absolute atomic E-state index is 12.4. The first-order chi connectivity index (χ1) is 11.1. The van der Waals surface area contributed by atoms with Gasteiger partial charge in [-0.2, -0.15) is 0 Å². The Morgan fingerprint density at radius 3 is 2.43 bits per heavy atom. The molecule has 0 saturated heterocycles. The fraction of sp³-hybridized carbons (Fsp3) is 0.316. The number of methoxy groups -OCH3 is 2. The minimum atomic E-state index is -0.532. The highest BCUT2D eigenvalue weighted by molar-refractivity contribution is 5.94. The van der Waals surface area contributed by atoms with Gasteiger partial charge in [-0.1, -0.05) is 43.3 Å². The van der Waals surface area contributed by atoms with Crippen LogP contribution in [-0.2, 0) is 10.3 Å². The van der Waals surface area contributed by atoms with Gasteiger partial charge in [0.25, 0.3) is 5.91 Å². The highest BCUT2D eigenvalue weighted by atomic mass is 16.5. The normalized spacial score (nSPS) is 13.2. The second kappa shape index (κ2) is 7.79. The van der Waals surface area contributed by atoms with Gasteiger partial charge in [-0.15, -0.1) is 0 Å². The molecule has 1 amide bonds. The van der Waals surface area contributed by atoms with Gasteiger partial charge in [-0.05, 0) is 30.2 Å². The van der Waals surface area contributed by atoms with Gasteiger partial charge in [-0.3, -0.25) is 4.79 Å². The molecular formula is C19H23NO3. The first-order valence-corrected chi connectivity index (χ1v) is 7.68. The molecule has 1 unspecified atom stereocenters. The smallest absolute Gasteiger partial charge is 0.251 e. The van der Waals surface area contributed by atoms with Crippen LogP contribution in [0, 0.1) is 0 Å². The van der Waals surface area contributed by atoms with Crippen molar-refractivity contribution in [2.45, 2.75) is 18.9 Å². The van der Waals surface area contributed by atoms with Crippen molar-refractivity contribution in [3.8, 4) is 5.75 Å². The largest absolute Gasteiger partial charge is 0.497 e. The predicted octanol–water partition coefficient (Wildman–Crippen LogP) is 3.38. The average Bonchev–Trinajstić information content (AvgIpc) is 2.63. The molecule has 122 valence electrons. The van der Waals surface area contributed by atoms with Gasteiger partial charge < -0.3 is 14.8 Å². The second-order valence-electron chi connectivity index (χ2n) is 5.33. The van der Waals surface area contributed by atoms with Gasteiger partial charge in [0, 0.05) is 12.7 Å². The van der Waals surface area contributed by atoms with Crippen LogP contribution in [0.25, 0.3) is 0 Å². The van der Waals surface area contributed by atoms with Crippen molar-refractivity contribution in [1.29, 1.82) is 0 Å². The molecule has 0 aliphatic heterocycles. The molecule has 0 aromatic heterocycles. The van der Waals surface area contributed by atoms with E-state index < -0.39 is 5.60 Å². The third kappa shape index (κ3) is 3.90. The molecule has 0 radical (unpaired) electrons. The quantitative estimate of drug-likeness (QED) is 0.852. The first kappa shape index (κ1) is 17.0. The van der Waals surface area contributed by atoms with E-state index in [1.807, 2.05) is 43.3 Å². The summed E-state index contributed by atoms with van der Waals surface area (Å²) in [4.78, 5) is 12.4. The molecule has 4 nitrogen and oxygen atoms in total. The fourth-order valence-electron chi connectivity index (χ4n) is 2.60. The SMILES string of the molecule is CCC(CNC(=O)c1cccc(OC)c1)(OC)c1ccccc1. The van der Waals surface area contributed by atoms with Crippen molar-refractivity contribution in [1.82, 2.24) is 5.32 Å². The highest BCUT2D eigenvalue weighted by Crippen LogP contribution is 2.28. The third-order valence-electron chi connectivity index (χ3n) is 4.13. The Kier molecular flexibility index (Phi) is 5.77. The zero-order valence-electron chi connectivity index (χ0n) is 13.8. The standard InChI is InChI=1S/C19H23NO3/c1-4-19(23-3,16-10-6-5-7-11-16)14-20-18(21)15-9-8-12-17(13-15)22-2/h5-13H,4,14H2,1-3H3,(H,20,21). The number of carbonyl (C=O) groups excluding carboxylic acids is 1. The summed E-state index contributed by atoms with van der Waals surface area (Å²) in [6, 6.07) is 17.1. The molecule has 2 aromatic carbocycles. The van der Waals surface area contributed by atoms with Crippen LogP contribution in [0.3, 0.4) is 0 Å². The molecule has 0 saturated carbocycles. The minimum absolute atomic E-state index is 0.144. The summed E-state index contributed by atoms with van der Waals surface area (Å²) in [5.74, 6) is 0.518. The molecule has 4 heteroatoms. The van der Waals surface area contributed by atoms with E-state index in [1.165, 1.54) is 0 Å². The number of ether oxygens (including phenoxy) is 2. The summed E-state index contributed by atoms with van der Waals surface area (Å²) in [6.07, 6.45) is 0.756. The molecule has 2 rings (SSSR count). The van der Waals surface area contributed by atoms with E-state index in [2.05, 4.69) is 5.32 Å². The number of hydrogen-bond donors (Lipinski definition) is 1. The fourth-order valence-corrected chi connectivity index (χ4v) is 2.60.